The van der Waals surface area contributed by atoms with Crippen LogP contribution in [0.3, 0.4) is 0 Å². The lowest BCUT2D eigenvalue weighted by atomic mass is 10.1. The number of hydrogen-bond acceptors (Lipinski definition) is 7. The molecule has 1 aliphatic heterocycles. The molecule has 10 heteroatoms. The molecular weight excluding hydrogens is 474 g/mol. The number of urea groups is 1. The Morgan fingerprint density at radius 2 is 2.08 bits per heavy atom. The predicted molar refractivity (Wildman–Crippen MR) is 143 cm³/mol. The summed E-state index contributed by atoms with van der Waals surface area (Å²) in [7, 11) is 3.58. The molecule has 36 heavy (non-hydrogen) atoms. The molecule has 9 nitrogen and oxygen atoms in total. The molecule has 1 saturated heterocycles. The van der Waals surface area contributed by atoms with Crippen LogP contribution in [-0.4, -0.2) is 63.5 Å². The molecule has 188 valence electrons. The lowest BCUT2D eigenvalue weighted by molar-refractivity contribution is 0.168. The van der Waals surface area contributed by atoms with E-state index in [-0.39, 0.29) is 18.1 Å². The monoisotopic (exact) mass is 505 g/mol. The van der Waals surface area contributed by atoms with Gasteiger partial charge in [0.25, 0.3) is 0 Å². The van der Waals surface area contributed by atoms with Crippen LogP contribution < -0.4 is 15.0 Å². The van der Waals surface area contributed by atoms with Gasteiger partial charge in [-0.3, -0.25) is 4.68 Å². The van der Waals surface area contributed by atoms with Crippen molar-refractivity contribution in [1.29, 1.82) is 0 Å². The number of aromatic nitrogens is 4. The lowest BCUT2D eigenvalue weighted by Gasteiger charge is -2.40. The highest BCUT2D eigenvalue weighted by molar-refractivity contribution is 7.22. The normalized spacial score (nSPS) is 16.9. The van der Waals surface area contributed by atoms with E-state index in [1.807, 2.05) is 60.9 Å². The topological polar surface area (TPSA) is 88.4 Å². The number of nitrogens with zero attached hydrogens (tertiary/aromatic N) is 6. The van der Waals surface area contributed by atoms with E-state index in [9.17, 15) is 4.79 Å². The third kappa shape index (κ3) is 4.60. The lowest BCUT2D eigenvalue weighted by Crippen LogP contribution is -2.57. The molecule has 1 unspecified atom stereocenters. The molecule has 0 saturated carbocycles. The first-order valence-corrected chi connectivity index (χ1v) is 12.9. The minimum Gasteiger partial charge on any atom is -0.497 e. The Kier molecular flexibility index (Phi) is 6.53. The van der Waals surface area contributed by atoms with Crippen molar-refractivity contribution in [3.05, 3.63) is 54.1 Å². The second-order valence-corrected chi connectivity index (χ2v) is 10.3. The molecule has 1 fully saturated rings. The van der Waals surface area contributed by atoms with Gasteiger partial charge in [-0.05, 0) is 44.5 Å². The zero-order valence-corrected chi connectivity index (χ0v) is 22.0. The highest BCUT2D eigenvalue weighted by Gasteiger charge is 2.30. The highest BCUT2D eigenvalue weighted by Crippen LogP contribution is 2.38. The molecule has 1 aromatic carbocycles. The maximum absolute atomic E-state index is 13.1. The molecular formula is C26H31N7O2S. The molecule has 2 amide bonds. The van der Waals surface area contributed by atoms with Gasteiger partial charge >= 0.3 is 6.03 Å². The van der Waals surface area contributed by atoms with Crippen LogP contribution in [0.4, 0.5) is 10.6 Å². The molecule has 3 aromatic heterocycles. The van der Waals surface area contributed by atoms with Crippen LogP contribution in [0.15, 0.2) is 42.9 Å². The Balaban J connectivity index is 1.30. The minimum absolute atomic E-state index is 0.0290. The second-order valence-electron chi connectivity index (χ2n) is 9.26. The van der Waals surface area contributed by atoms with Crippen molar-refractivity contribution in [2.24, 2.45) is 7.05 Å². The summed E-state index contributed by atoms with van der Waals surface area (Å²) in [6.07, 6.45) is 3.67. The van der Waals surface area contributed by atoms with Crippen molar-refractivity contribution in [2.45, 2.75) is 32.9 Å². The first-order chi connectivity index (χ1) is 17.3. The number of benzene rings is 1. The molecule has 1 N–H and O–H groups in total. The molecule has 1 aliphatic rings. The van der Waals surface area contributed by atoms with Crippen LogP contribution in [0.2, 0.25) is 0 Å². The van der Waals surface area contributed by atoms with Crippen molar-refractivity contribution in [3.63, 3.8) is 0 Å². The predicted octanol–water partition coefficient (Wildman–Crippen LogP) is 4.39. The molecule has 0 radical (unpaired) electrons. The molecule has 0 bridgehead atoms. The fraction of sp³-hybridized carbons (Fsp3) is 0.385. The Hall–Kier alpha value is -3.66. The molecule has 5 rings (SSSR count). The van der Waals surface area contributed by atoms with E-state index in [0.29, 0.717) is 19.6 Å². The van der Waals surface area contributed by atoms with Gasteiger partial charge in [0.2, 0.25) is 0 Å². The summed E-state index contributed by atoms with van der Waals surface area (Å²) in [4.78, 5) is 27.6. The molecule has 2 atom stereocenters. The second kappa shape index (κ2) is 9.77. The van der Waals surface area contributed by atoms with Gasteiger partial charge in [0, 0.05) is 49.4 Å². The molecule has 4 heterocycles. The van der Waals surface area contributed by atoms with Gasteiger partial charge in [0.1, 0.15) is 17.9 Å². The number of rotatable bonds is 5. The van der Waals surface area contributed by atoms with Gasteiger partial charge < -0.3 is 19.9 Å². The first kappa shape index (κ1) is 24.1. The van der Waals surface area contributed by atoms with E-state index >= 15 is 0 Å². The molecule has 4 aromatic rings. The van der Waals surface area contributed by atoms with Gasteiger partial charge in [-0.25, -0.2) is 14.8 Å². The summed E-state index contributed by atoms with van der Waals surface area (Å²) in [6, 6.07) is 9.75. The Labute approximate surface area is 214 Å². The number of thiophene rings is 1. The van der Waals surface area contributed by atoms with Gasteiger partial charge in [-0.2, -0.15) is 5.10 Å². The fourth-order valence-electron chi connectivity index (χ4n) is 4.76. The summed E-state index contributed by atoms with van der Waals surface area (Å²) >= 11 is 1.69. The Morgan fingerprint density at radius 3 is 2.81 bits per heavy atom. The SMILES string of the molecule is COc1cccc(C(C)NC(=O)N2CCN(c3ncnc4cc(-c5cn(C)nc5C)sc34)C[C@H]2C)c1. The number of hydrogen-bond donors (Lipinski definition) is 1. The summed E-state index contributed by atoms with van der Waals surface area (Å²) in [5.74, 6) is 1.71. The zero-order chi connectivity index (χ0) is 25.4. The van der Waals surface area contributed by atoms with Gasteiger partial charge in [0.05, 0.1) is 29.1 Å². The number of piperazine rings is 1. The maximum Gasteiger partial charge on any atom is 0.318 e. The quantitative estimate of drug-likeness (QED) is 0.433. The third-order valence-corrected chi connectivity index (χ3v) is 7.85. The summed E-state index contributed by atoms with van der Waals surface area (Å²) in [5, 5.41) is 7.62. The van der Waals surface area contributed by atoms with Crippen LogP contribution in [-0.2, 0) is 7.05 Å². The number of aryl methyl sites for hydroxylation is 2. The summed E-state index contributed by atoms with van der Waals surface area (Å²) < 4.78 is 8.22. The maximum atomic E-state index is 13.1. The first-order valence-electron chi connectivity index (χ1n) is 12.0. The summed E-state index contributed by atoms with van der Waals surface area (Å²) in [6.45, 7) is 8.11. The fourth-order valence-corrected chi connectivity index (χ4v) is 5.95. The number of fused-ring (bicyclic) bond motifs is 1. The van der Waals surface area contributed by atoms with Crippen molar-refractivity contribution >= 4 is 33.4 Å². The van der Waals surface area contributed by atoms with E-state index in [1.165, 1.54) is 0 Å². The summed E-state index contributed by atoms with van der Waals surface area (Å²) in [5.41, 5.74) is 4.05. The highest BCUT2D eigenvalue weighted by atomic mass is 32.1. The Morgan fingerprint density at radius 1 is 1.25 bits per heavy atom. The smallest absolute Gasteiger partial charge is 0.318 e. The largest absolute Gasteiger partial charge is 0.497 e. The number of amides is 2. The van der Waals surface area contributed by atoms with Crippen LogP contribution >= 0.6 is 11.3 Å². The third-order valence-electron chi connectivity index (χ3n) is 6.69. The van der Waals surface area contributed by atoms with Crippen LogP contribution in [0, 0.1) is 6.92 Å². The van der Waals surface area contributed by atoms with Crippen LogP contribution in [0.25, 0.3) is 20.7 Å². The number of methoxy groups -OCH3 is 1. The van der Waals surface area contributed by atoms with E-state index in [1.54, 1.807) is 24.8 Å². The average Bonchev–Trinajstić information content (AvgIpc) is 3.45. The van der Waals surface area contributed by atoms with Gasteiger partial charge in [0.15, 0.2) is 0 Å². The van der Waals surface area contributed by atoms with E-state index in [2.05, 4.69) is 38.3 Å². The Bertz CT molecular complexity index is 1400. The molecule has 0 aliphatic carbocycles. The molecule has 0 spiro atoms. The average molecular weight is 506 g/mol. The van der Waals surface area contributed by atoms with Gasteiger partial charge in [-0.1, -0.05) is 12.1 Å². The van der Waals surface area contributed by atoms with Crippen molar-refractivity contribution in [3.8, 4) is 16.2 Å². The van der Waals surface area contributed by atoms with E-state index in [0.717, 1.165) is 43.5 Å². The number of carbonyl (C=O) groups is 1. The minimum atomic E-state index is -0.125. The standard InChI is InChI=1S/C26H31N7O2S/c1-16-13-32(9-10-33(16)26(34)29-17(2)19-7-6-8-20(11-19)35-5)25-24-22(27-15-28-25)12-23(36-24)21-14-31(4)30-18(21)3/h6-8,11-12,14-17H,9-10,13H2,1-5H3,(H,29,34)/t16-,17?/m1/s1. The number of carbonyl (C=O) groups excluding carboxylic acids is 1. The van der Waals surface area contributed by atoms with Crippen LogP contribution in [0.1, 0.15) is 31.1 Å². The van der Waals surface area contributed by atoms with Crippen molar-refractivity contribution in [1.82, 2.24) is 30.0 Å². The number of anilines is 1. The van der Waals surface area contributed by atoms with E-state index in [4.69, 9.17) is 4.74 Å². The number of nitrogens with one attached hydrogen (secondary N) is 1. The van der Waals surface area contributed by atoms with Gasteiger partial charge in [-0.15, -0.1) is 11.3 Å². The van der Waals surface area contributed by atoms with Crippen molar-refractivity contribution < 1.29 is 9.53 Å². The van der Waals surface area contributed by atoms with E-state index < -0.39 is 0 Å². The number of ether oxygens (including phenoxy) is 1. The van der Waals surface area contributed by atoms with Crippen molar-refractivity contribution in [2.75, 3.05) is 31.6 Å². The zero-order valence-electron chi connectivity index (χ0n) is 21.2. The van der Waals surface area contributed by atoms with Crippen LogP contribution in [0.5, 0.6) is 5.75 Å².